The Morgan fingerprint density at radius 1 is 1.43 bits per heavy atom. The number of ether oxygens (including phenoxy) is 1. The number of carbonyl (C=O) groups excluding carboxylic acids is 2. The molecule has 1 aliphatic rings. The number of primary amides is 1. The second kappa shape index (κ2) is 8.46. The van der Waals surface area contributed by atoms with Crippen LogP contribution in [-0.2, 0) is 14.3 Å². The molecule has 3 amide bonds. The van der Waals surface area contributed by atoms with Gasteiger partial charge < -0.3 is 26.2 Å². The summed E-state index contributed by atoms with van der Waals surface area (Å²) in [5.74, 6) is -1.55. The van der Waals surface area contributed by atoms with E-state index in [1.54, 1.807) is 0 Å². The predicted molar refractivity (Wildman–Crippen MR) is 74.5 cm³/mol. The number of nitrogens with one attached hydrogen (secondary N) is 2. The van der Waals surface area contributed by atoms with E-state index in [4.69, 9.17) is 15.6 Å². The lowest BCUT2D eigenvalue weighted by Crippen LogP contribution is -2.47. The minimum atomic E-state index is -1.19. The molecule has 5 N–H and O–H groups in total. The third kappa shape index (κ3) is 5.99. The topological polar surface area (TPSA) is 131 Å². The van der Waals surface area contributed by atoms with E-state index in [1.807, 2.05) is 6.92 Å². The molecule has 0 aromatic carbocycles. The fourth-order valence-electron chi connectivity index (χ4n) is 2.35. The number of amides is 3. The molecule has 120 valence electrons. The number of carboxylic acids is 1. The Hall–Kier alpha value is -1.83. The van der Waals surface area contributed by atoms with Crippen molar-refractivity contribution >= 4 is 17.9 Å². The first-order chi connectivity index (χ1) is 9.93. The molecule has 1 fully saturated rings. The third-order valence-electron chi connectivity index (χ3n) is 3.56. The van der Waals surface area contributed by atoms with Crippen LogP contribution in [0, 0.1) is 5.92 Å². The van der Waals surface area contributed by atoms with Crippen molar-refractivity contribution in [2.45, 2.75) is 44.8 Å². The summed E-state index contributed by atoms with van der Waals surface area (Å²) in [5, 5.41) is 14.0. The highest BCUT2D eigenvalue weighted by Crippen LogP contribution is 2.22. The Balaban J connectivity index is 2.36. The van der Waals surface area contributed by atoms with Gasteiger partial charge in [-0.25, -0.2) is 9.59 Å². The van der Waals surface area contributed by atoms with Crippen LogP contribution in [-0.4, -0.2) is 48.3 Å². The summed E-state index contributed by atoms with van der Waals surface area (Å²) in [6.45, 7) is 3.14. The van der Waals surface area contributed by atoms with E-state index in [0.29, 0.717) is 13.2 Å². The van der Waals surface area contributed by atoms with Gasteiger partial charge >= 0.3 is 12.0 Å². The standard InChI is InChI=1S/C13H23N3O5/c1-2-10-8(5-6-21-10)7-15-13(20)16-9(12(18)19)3-4-11(14)17/h8-10H,2-7H2,1H3,(H2,14,17)(H,18,19)(H2,15,16,20)/t8?,9-,10?/m0/s1. The average molecular weight is 301 g/mol. The quantitative estimate of drug-likeness (QED) is 0.494. The van der Waals surface area contributed by atoms with Crippen molar-refractivity contribution in [3.63, 3.8) is 0 Å². The summed E-state index contributed by atoms with van der Waals surface area (Å²) in [6.07, 6.45) is 1.77. The van der Waals surface area contributed by atoms with E-state index in [2.05, 4.69) is 10.6 Å². The first-order valence-electron chi connectivity index (χ1n) is 7.11. The highest BCUT2D eigenvalue weighted by atomic mass is 16.5. The van der Waals surface area contributed by atoms with Gasteiger partial charge in [-0.3, -0.25) is 4.79 Å². The van der Waals surface area contributed by atoms with Crippen molar-refractivity contribution in [2.24, 2.45) is 11.7 Å². The van der Waals surface area contributed by atoms with Crippen molar-refractivity contribution in [3.05, 3.63) is 0 Å². The zero-order valence-corrected chi connectivity index (χ0v) is 12.1. The van der Waals surface area contributed by atoms with Crippen molar-refractivity contribution in [1.82, 2.24) is 10.6 Å². The van der Waals surface area contributed by atoms with Crippen LogP contribution in [0.25, 0.3) is 0 Å². The maximum absolute atomic E-state index is 11.7. The van der Waals surface area contributed by atoms with Crippen molar-refractivity contribution in [2.75, 3.05) is 13.2 Å². The molecule has 8 nitrogen and oxygen atoms in total. The maximum atomic E-state index is 11.7. The molecule has 0 radical (unpaired) electrons. The van der Waals surface area contributed by atoms with Crippen LogP contribution in [0.15, 0.2) is 0 Å². The molecule has 1 aliphatic heterocycles. The Bertz CT molecular complexity index is 388. The van der Waals surface area contributed by atoms with E-state index in [0.717, 1.165) is 12.8 Å². The Labute approximate surface area is 123 Å². The molecule has 0 spiro atoms. The lowest BCUT2D eigenvalue weighted by Gasteiger charge is -2.19. The predicted octanol–water partition coefficient (Wildman–Crippen LogP) is -0.181. The zero-order chi connectivity index (χ0) is 15.8. The van der Waals surface area contributed by atoms with Gasteiger partial charge in [0.1, 0.15) is 6.04 Å². The zero-order valence-electron chi connectivity index (χ0n) is 12.1. The highest BCUT2D eigenvalue weighted by molar-refractivity contribution is 5.83. The fourth-order valence-corrected chi connectivity index (χ4v) is 2.35. The summed E-state index contributed by atoms with van der Waals surface area (Å²) >= 11 is 0. The molecule has 0 aromatic rings. The third-order valence-corrected chi connectivity index (χ3v) is 3.56. The first kappa shape index (κ1) is 17.2. The number of carboxylic acid groups (broad SMARTS) is 1. The minimum Gasteiger partial charge on any atom is -0.480 e. The van der Waals surface area contributed by atoms with E-state index in [1.165, 1.54) is 0 Å². The van der Waals surface area contributed by atoms with Gasteiger partial charge in [0, 0.05) is 25.5 Å². The van der Waals surface area contributed by atoms with Gasteiger partial charge in [-0.2, -0.15) is 0 Å². The number of hydrogen-bond acceptors (Lipinski definition) is 4. The van der Waals surface area contributed by atoms with Crippen LogP contribution < -0.4 is 16.4 Å². The Morgan fingerprint density at radius 2 is 2.14 bits per heavy atom. The van der Waals surface area contributed by atoms with Gasteiger partial charge in [-0.05, 0) is 19.3 Å². The average Bonchev–Trinajstić information content (AvgIpc) is 2.88. The molecular weight excluding hydrogens is 278 g/mol. The van der Waals surface area contributed by atoms with Gasteiger partial charge in [-0.15, -0.1) is 0 Å². The smallest absolute Gasteiger partial charge is 0.326 e. The highest BCUT2D eigenvalue weighted by Gasteiger charge is 2.27. The largest absolute Gasteiger partial charge is 0.480 e. The van der Waals surface area contributed by atoms with Gasteiger partial charge in [0.2, 0.25) is 5.91 Å². The van der Waals surface area contributed by atoms with Gasteiger partial charge in [-0.1, -0.05) is 6.92 Å². The maximum Gasteiger partial charge on any atom is 0.326 e. The molecule has 1 saturated heterocycles. The number of hydrogen-bond donors (Lipinski definition) is 4. The molecule has 0 aliphatic carbocycles. The second-order valence-electron chi connectivity index (χ2n) is 5.12. The van der Waals surface area contributed by atoms with Crippen molar-refractivity contribution in [1.29, 1.82) is 0 Å². The van der Waals surface area contributed by atoms with E-state index < -0.39 is 23.9 Å². The van der Waals surface area contributed by atoms with Crippen LogP contribution in [0.1, 0.15) is 32.6 Å². The van der Waals surface area contributed by atoms with E-state index in [9.17, 15) is 14.4 Å². The Kier molecular flexibility index (Phi) is 6.93. The number of aliphatic carboxylic acids is 1. The normalized spacial score (nSPS) is 22.5. The van der Waals surface area contributed by atoms with Crippen molar-refractivity contribution in [3.8, 4) is 0 Å². The fraction of sp³-hybridized carbons (Fsp3) is 0.769. The molecular formula is C13H23N3O5. The van der Waals surface area contributed by atoms with E-state index in [-0.39, 0.29) is 24.9 Å². The number of rotatable bonds is 8. The molecule has 21 heavy (non-hydrogen) atoms. The SMILES string of the molecule is CCC1OCCC1CNC(=O)N[C@@H](CCC(N)=O)C(=O)O. The number of urea groups is 1. The van der Waals surface area contributed by atoms with Gasteiger partial charge in [0.25, 0.3) is 0 Å². The molecule has 3 atom stereocenters. The van der Waals surface area contributed by atoms with Gasteiger partial charge in [0.05, 0.1) is 6.10 Å². The van der Waals surface area contributed by atoms with Crippen LogP contribution in [0.4, 0.5) is 4.79 Å². The summed E-state index contributed by atoms with van der Waals surface area (Å²) in [5.41, 5.74) is 4.97. The monoisotopic (exact) mass is 301 g/mol. The van der Waals surface area contributed by atoms with E-state index >= 15 is 0 Å². The molecule has 0 aromatic heterocycles. The molecule has 8 heteroatoms. The molecule has 0 saturated carbocycles. The van der Waals surface area contributed by atoms with Crippen LogP contribution in [0.2, 0.25) is 0 Å². The summed E-state index contributed by atoms with van der Waals surface area (Å²) < 4.78 is 5.51. The van der Waals surface area contributed by atoms with Gasteiger partial charge in [0.15, 0.2) is 0 Å². The second-order valence-corrected chi connectivity index (χ2v) is 5.12. The van der Waals surface area contributed by atoms with Crippen LogP contribution in [0.5, 0.6) is 0 Å². The Morgan fingerprint density at radius 3 is 2.71 bits per heavy atom. The molecule has 0 bridgehead atoms. The first-order valence-corrected chi connectivity index (χ1v) is 7.11. The van der Waals surface area contributed by atoms with Crippen LogP contribution >= 0.6 is 0 Å². The summed E-state index contributed by atoms with van der Waals surface area (Å²) in [7, 11) is 0. The summed E-state index contributed by atoms with van der Waals surface area (Å²) in [4.78, 5) is 33.4. The number of carbonyl (C=O) groups is 3. The lowest BCUT2D eigenvalue weighted by molar-refractivity contribution is -0.139. The summed E-state index contributed by atoms with van der Waals surface area (Å²) in [6, 6.07) is -1.69. The van der Waals surface area contributed by atoms with Crippen molar-refractivity contribution < 1.29 is 24.2 Å². The number of nitrogens with two attached hydrogens (primary N) is 1. The molecule has 1 heterocycles. The minimum absolute atomic E-state index is 0.0256. The molecule has 1 rings (SSSR count). The van der Waals surface area contributed by atoms with Crippen LogP contribution in [0.3, 0.4) is 0 Å². The molecule has 2 unspecified atom stereocenters. The lowest BCUT2D eigenvalue weighted by atomic mass is 10.00.